The van der Waals surface area contributed by atoms with E-state index >= 15 is 0 Å². The van der Waals surface area contributed by atoms with Gasteiger partial charge in [-0.15, -0.1) is 0 Å². The topological polar surface area (TPSA) is 78.1 Å². The number of hydrogen-bond donors (Lipinski definition) is 2. The normalized spacial score (nSPS) is 12.2. The van der Waals surface area contributed by atoms with Gasteiger partial charge in [-0.2, -0.15) is 5.26 Å². The predicted octanol–water partition coefficient (Wildman–Crippen LogP) is 1.21. The third-order valence-corrected chi connectivity index (χ3v) is 2.63. The lowest BCUT2D eigenvalue weighted by Gasteiger charge is -2.12. The minimum Gasteiger partial charge on any atom is -0.388 e. The summed E-state index contributed by atoms with van der Waals surface area (Å²) in [7, 11) is 0. The molecule has 0 aliphatic heterocycles. The Hall–Kier alpha value is -1.80. The molecule has 1 aromatic rings. The maximum absolute atomic E-state index is 11.5. The lowest BCUT2D eigenvalue weighted by molar-refractivity contribution is -0.121. The summed E-state index contributed by atoms with van der Waals surface area (Å²) in [6.45, 7) is 4.46. The van der Waals surface area contributed by atoms with Gasteiger partial charge in [0.15, 0.2) is 0 Å². The molecule has 0 fully saturated rings. The third kappa shape index (κ3) is 4.22. The van der Waals surface area contributed by atoms with Gasteiger partial charge >= 0.3 is 0 Å². The zero-order chi connectivity index (χ0) is 13.5. The first-order valence-corrected chi connectivity index (χ1v) is 6.02. The lowest BCUT2D eigenvalue weighted by Crippen LogP contribution is -2.27. The van der Waals surface area contributed by atoms with Crippen LogP contribution in [-0.2, 0) is 11.3 Å². The smallest absolute Gasteiger partial charge is 0.239 e. The monoisotopic (exact) mass is 249 g/mol. The van der Waals surface area contributed by atoms with Crippen molar-refractivity contribution in [1.29, 1.82) is 5.26 Å². The molecule has 98 valence electrons. The summed E-state index contributed by atoms with van der Waals surface area (Å²) in [5.74, 6) is 0.0109. The van der Waals surface area contributed by atoms with Crippen LogP contribution in [-0.4, -0.2) is 22.1 Å². The Balaban J connectivity index is 2.49. The van der Waals surface area contributed by atoms with Crippen molar-refractivity contribution in [1.82, 2.24) is 9.88 Å². The van der Waals surface area contributed by atoms with Crippen LogP contribution in [0.25, 0.3) is 0 Å². The van der Waals surface area contributed by atoms with Crippen LogP contribution in [0.1, 0.15) is 31.9 Å². The number of aliphatic hydroxyl groups is 1. The number of carbonyl (C=O) groups is 1. The molecule has 0 saturated heterocycles. The molecule has 2 N–H and O–H groups in total. The molecule has 0 aromatic carbocycles. The highest BCUT2D eigenvalue weighted by molar-refractivity contribution is 5.75. The van der Waals surface area contributed by atoms with Gasteiger partial charge in [0.2, 0.25) is 5.91 Å². The standard InChI is InChI=1S/C13H19N3O2/c1-10(2)13(18)11-4-7-16(8-11)9-12(17)15-6-3-5-14/h4,7-8,10,13,18H,3,6,9H2,1-2H3,(H,15,17). The second-order valence-corrected chi connectivity index (χ2v) is 4.56. The van der Waals surface area contributed by atoms with Gasteiger partial charge in [0.05, 0.1) is 18.6 Å². The minimum absolute atomic E-state index is 0.133. The average Bonchev–Trinajstić information content (AvgIpc) is 2.76. The molecule has 0 aliphatic carbocycles. The molecule has 1 atom stereocenters. The second kappa shape index (κ2) is 6.82. The van der Waals surface area contributed by atoms with E-state index < -0.39 is 6.10 Å². The van der Waals surface area contributed by atoms with E-state index in [4.69, 9.17) is 5.26 Å². The molecule has 5 heteroatoms. The summed E-state index contributed by atoms with van der Waals surface area (Å²) in [6, 6.07) is 3.78. The molecule has 1 aromatic heterocycles. The Morgan fingerprint density at radius 1 is 1.61 bits per heavy atom. The van der Waals surface area contributed by atoms with E-state index in [1.807, 2.05) is 26.0 Å². The Kier molecular flexibility index (Phi) is 5.40. The number of nitrogens with zero attached hydrogens (tertiary/aromatic N) is 2. The van der Waals surface area contributed by atoms with E-state index in [1.54, 1.807) is 17.0 Å². The van der Waals surface area contributed by atoms with Crippen molar-refractivity contribution in [2.75, 3.05) is 6.54 Å². The number of carbonyl (C=O) groups excluding carboxylic acids is 1. The Morgan fingerprint density at radius 2 is 2.33 bits per heavy atom. The fourth-order valence-electron chi connectivity index (χ4n) is 1.60. The van der Waals surface area contributed by atoms with Crippen LogP contribution in [0.2, 0.25) is 0 Å². The van der Waals surface area contributed by atoms with Crippen LogP contribution in [0.3, 0.4) is 0 Å². The van der Waals surface area contributed by atoms with Gasteiger partial charge in [-0.05, 0) is 17.5 Å². The van der Waals surface area contributed by atoms with Crippen LogP contribution in [0, 0.1) is 17.2 Å². The molecule has 1 amide bonds. The first kappa shape index (κ1) is 14.3. The molecular formula is C13H19N3O2. The first-order valence-electron chi connectivity index (χ1n) is 6.02. The molecule has 1 rings (SSSR count). The minimum atomic E-state index is -0.507. The highest BCUT2D eigenvalue weighted by Gasteiger charge is 2.13. The average molecular weight is 249 g/mol. The summed E-state index contributed by atoms with van der Waals surface area (Å²) in [4.78, 5) is 11.5. The quantitative estimate of drug-likeness (QED) is 0.744. The highest BCUT2D eigenvalue weighted by atomic mass is 16.3. The van der Waals surface area contributed by atoms with Crippen molar-refractivity contribution in [3.8, 4) is 6.07 Å². The molecule has 0 radical (unpaired) electrons. The Bertz CT molecular complexity index is 432. The van der Waals surface area contributed by atoms with Crippen molar-refractivity contribution in [2.24, 2.45) is 5.92 Å². The van der Waals surface area contributed by atoms with Crippen molar-refractivity contribution >= 4 is 5.91 Å². The third-order valence-electron chi connectivity index (χ3n) is 2.63. The van der Waals surface area contributed by atoms with Crippen molar-refractivity contribution in [3.63, 3.8) is 0 Å². The largest absolute Gasteiger partial charge is 0.388 e. The van der Waals surface area contributed by atoms with Gasteiger partial charge in [-0.3, -0.25) is 4.79 Å². The van der Waals surface area contributed by atoms with Crippen LogP contribution in [0.4, 0.5) is 0 Å². The molecule has 0 spiro atoms. The fourth-order valence-corrected chi connectivity index (χ4v) is 1.60. The predicted molar refractivity (Wildman–Crippen MR) is 67.5 cm³/mol. The van der Waals surface area contributed by atoms with Crippen molar-refractivity contribution in [3.05, 3.63) is 24.0 Å². The van der Waals surface area contributed by atoms with E-state index in [2.05, 4.69) is 5.32 Å². The maximum Gasteiger partial charge on any atom is 0.239 e. The summed E-state index contributed by atoms with van der Waals surface area (Å²) < 4.78 is 1.72. The van der Waals surface area contributed by atoms with E-state index in [9.17, 15) is 9.90 Å². The molecule has 1 heterocycles. The number of aromatic nitrogens is 1. The van der Waals surface area contributed by atoms with E-state index in [1.165, 1.54) is 0 Å². The Labute approximate surface area is 107 Å². The lowest BCUT2D eigenvalue weighted by atomic mass is 10.0. The molecule has 1 unspecified atom stereocenters. The van der Waals surface area contributed by atoms with Crippen LogP contribution in [0.15, 0.2) is 18.5 Å². The van der Waals surface area contributed by atoms with E-state index in [0.29, 0.717) is 13.0 Å². The van der Waals surface area contributed by atoms with Crippen molar-refractivity contribution in [2.45, 2.75) is 32.9 Å². The number of amides is 1. The molecule has 18 heavy (non-hydrogen) atoms. The number of hydrogen-bond acceptors (Lipinski definition) is 3. The second-order valence-electron chi connectivity index (χ2n) is 4.56. The Morgan fingerprint density at radius 3 is 2.94 bits per heavy atom. The summed E-state index contributed by atoms with van der Waals surface area (Å²) in [6.07, 6.45) is 3.35. The molecule has 0 saturated carbocycles. The number of aliphatic hydroxyl groups excluding tert-OH is 1. The summed E-state index contributed by atoms with van der Waals surface area (Å²) in [5.41, 5.74) is 0.815. The van der Waals surface area contributed by atoms with Gasteiger partial charge in [0.1, 0.15) is 6.54 Å². The van der Waals surface area contributed by atoms with Crippen molar-refractivity contribution < 1.29 is 9.90 Å². The molecule has 0 aliphatic rings. The highest BCUT2D eigenvalue weighted by Crippen LogP contribution is 2.21. The van der Waals surface area contributed by atoms with Gasteiger partial charge in [0.25, 0.3) is 0 Å². The van der Waals surface area contributed by atoms with Gasteiger partial charge in [0, 0.05) is 18.9 Å². The van der Waals surface area contributed by atoms with Crippen LogP contribution in [0.5, 0.6) is 0 Å². The number of nitriles is 1. The van der Waals surface area contributed by atoms with Gasteiger partial charge < -0.3 is 15.0 Å². The molecular weight excluding hydrogens is 230 g/mol. The van der Waals surface area contributed by atoms with Crippen LogP contribution >= 0.6 is 0 Å². The number of rotatable bonds is 6. The number of nitrogens with one attached hydrogen (secondary N) is 1. The maximum atomic E-state index is 11.5. The summed E-state index contributed by atoms with van der Waals surface area (Å²) in [5, 5.41) is 20.9. The molecule has 5 nitrogen and oxygen atoms in total. The zero-order valence-electron chi connectivity index (χ0n) is 10.8. The first-order chi connectivity index (χ1) is 8.54. The zero-order valence-corrected chi connectivity index (χ0v) is 10.8. The van der Waals surface area contributed by atoms with Gasteiger partial charge in [-0.25, -0.2) is 0 Å². The van der Waals surface area contributed by atoms with Crippen LogP contribution < -0.4 is 5.32 Å². The SMILES string of the molecule is CC(C)C(O)c1ccn(CC(=O)NCCC#N)c1. The molecule has 0 bridgehead atoms. The summed E-state index contributed by atoms with van der Waals surface area (Å²) >= 11 is 0. The van der Waals surface area contributed by atoms with E-state index in [0.717, 1.165) is 5.56 Å². The fraction of sp³-hybridized carbons (Fsp3) is 0.538. The van der Waals surface area contributed by atoms with Gasteiger partial charge in [-0.1, -0.05) is 13.8 Å². The van der Waals surface area contributed by atoms with E-state index in [-0.39, 0.29) is 18.4 Å².